The van der Waals surface area contributed by atoms with Crippen molar-refractivity contribution in [3.05, 3.63) is 58.6 Å². The zero-order valence-electron chi connectivity index (χ0n) is 11.8. The van der Waals surface area contributed by atoms with E-state index in [1.54, 1.807) is 32.4 Å². The molecule has 0 atom stereocenters. The van der Waals surface area contributed by atoms with E-state index in [4.69, 9.17) is 21.1 Å². The van der Waals surface area contributed by atoms with Crippen LogP contribution in [0, 0.1) is 11.3 Å². The molecule has 0 radical (unpaired) electrons. The van der Waals surface area contributed by atoms with Gasteiger partial charge in [-0.25, -0.2) is 0 Å². The summed E-state index contributed by atoms with van der Waals surface area (Å²) in [5.41, 5.74) is 2.10. The zero-order valence-corrected chi connectivity index (χ0v) is 12.5. The van der Waals surface area contributed by atoms with Gasteiger partial charge in [-0.2, -0.15) is 5.26 Å². The number of allylic oxidation sites excluding steroid dienone is 1. The summed E-state index contributed by atoms with van der Waals surface area (Å²) >= 11 is 5.87. The Kier molecular flexibility index (Phi) is 4.86. The van der Waals surface area contributed by atoms with E-state index in [9.17, 15) is 5.26 Å². The second-order valence-electron chi connectivity index (χ2n) is 4.28. The molecule has 0 aliphatic carbocycles. The summed E-state index contributed by atoms with van der Waals surface area (Å²) in [6, 6.07) is 14.8. The van der Waals surface area contributed by atoms with Crippen molar-refractivity contribution in [2.75, 3.05) is 14.2 Å². The highest BCUT2D eigenvalue weighted by Crippen LogP contribution is 2.28. The van der Waals surface area contributed by atoms with Crippen LogP contribution in [0.1, 0.15) is 11.1 Å². The van der Waals surface area contributed by atoms with Crippen LogP contribution < -0.4 is 9.47 Å². The largest absolute Gasteiger partial charge is 0.497 e. The van der Waals surface area contributed by atoms with E-state index >= 15 is 0 Å². The van der Waals surface area contributed by atoms with E-state index in [0.29, 0.717) is 22.1 Å². The van der Waals surface area contributed by atoms with Gasteiger partial charge in [-0.3, -0.25) is 0 Å². The Morgan fingerprint density at radius 2 is 1.81 bits per heavy atom. The average Bonchev–Trinajstić information content (AvgIpc) is 2.53. The molecule has 2 aromatic rings. The van der Waals surface area contributed by atoms with Crippen LogP contribution in [-0.4, -0.2) is 14.2 Å². The van der Waals surface area contributed by atoms with Crippen LogP contribution in [0.4, 0.5) is 0 Å². The van der Waals surface area contributed by atoms with Gasteiger partial charge in [0.1, 0.15) is 11.5 Å². The van der Waals surface area contributed by atoms with Crippen LogP contribution in [-0.2, 0) is 0 Å². The number of ether oxygens (including phenoxy) is 2. The number of rotatable bonds is 4. The quantitative estimate of drug-likeness (QED) is 0.620. The number of methoxy groups -OCH3 is 2. The Labute approximate surface area is 129 Å². The van der Waals surface area contributed by atoms with Crippen molar-refractivity contribution in [2.45, 2.75) is 0 Å². The summed E-state index contributed by atoms with van der Waals surface area (Å²) in [5, 5.41) is 10.0. The maximum atomic E-state index is 9.38. The molecule has 0 heterocycles. The molecule has 0 amide bonds. The molecule has 0 aliphatic rings. The van der Waals surface area contributed by atoms with E-state index < -0.39 is 0 Å². The first-order chi connectivity index (χ1) is 10.2. The molecule has 106 valence electrons. The van der Waals surface area contributed by atoms with E-state index in [-0.39, 0.29) is 0 Å². The van der Waals surface area contributed by atoms with Gasteiger partial charge in [0.25, 0.3) is 0 Å². The molecule has 3 nitrogen and oxygen atoms in total. The minimum atomic E-state index is 0.526. The van der Waals surface area contributed by atoms with Gasteiger partial charge < -0.3 is 9.47 Å². The summed E-state index contributed by atoms with van der Waals surface area (Å²) in [5.74, 6) is 1.38. The van der Waals surface area contributed by atoms with Crippen LogP contribution in [0.2, 0.25) is 5.02 Å². The lowest BCUT2D eigenvalue weighted by molar-refractivity contribution is 0.402. The summed E-state index contributed by atoms with van der Waals surface area (Å²) in [6.07, 6.45) is 1.77. The van der Waals surface area contributed by atoms with Crippen LogP contribution in [0.15, 0.2) is 42.5 Å². The molecular weight excluding hydrogens is 286 g/mol. The zero-order chi connectivity index (χ0) is 15.2. The van der Waals surface area contributed by atoms with Gasteiger partial charge in [0.15, 0.2) is 0 Å². The second kappa shape index (κ2) is 6.83. The van der Waals surface area contributed by atoms with Gasteiger partial charge in [-0.05, 0) is 42.0 Å². The van der Waals surface area contributed by atoms with Gasteiger partial charge in [0, 0.05) is 10.6 Å². The SMILES string of the molecule is COc1ccc(OC)c(C=C(C#N)c2ccc(Cl)cc2)c1. The van der Waals surface area contributed by atoms with Crippen molar-refractivity contribution < 1.29 is 9.47 Å². The van der Waals surface area contributed by atoms with Crippen LogP contribution >= 0.6 is 11.6 Å². The fourth-order valence-electron chi connectivity index (χ4n) is 1.92. The normalized spacial score (nSPS) is 10.9. The standard InChI is InChI=1S/C17H14ClNO2/c1-20-16-7-8-17(21-2)13(10-16)9-14(11-19)12-3-5-15(18)6-4-12/h3-10H,1-2H3. The summed E-state index contributed by atoms with van der Waals surface area (Å²) in [7, 11) is 3.19. The molecule has 0 aliphatic heterocycles. The topological polar surface area (TPSA) is 42.2 Å². The Bertz CT molecular complexity index is 700. The molecule has 4 heteroatoms. The third kappa shape index (κ3) is 3.56. The lowest BCUT2D eigenvalue weighted by atomic mass is 10.0. The first-order valence-electron chi connectivity index (χ1n) is 6.27. The molecule has 2 rings (SSSR count). The Morgan fingerprint density at radius 1 is 1.10 bits per heavy atom. The monoisotopic (exact) mass is 299 g/mol. The number of nitrogens with zero attached hydrogens (tertiary/aromatic N) is 1. The van der Waals surface area contributed by atoms with Crippen molar-refractivity contribution in [2.24, 2.45) is 0 Å². The second-order valence-corrected chi connectivity index (χ2v) is 4.72. The highest BCUT2D eigenvalue weighted by atomic mass is 35.5. The lowest BCUT2D eigenvalue weighted by Crippen LogP contribution is -1.90. The third-order valence-corrected chi connectivity index (χ3v) is 3.26. The molecule has 0 unspecified atom stereocenters. The van der Waals surface area contributed by atoms with Crippen molar-refractivity contribution in [3.63, 3.8) is 0 Å². The van der Waals surface area contributed by atoms with Crippen molar-refractivity contribution in [3.8, 4) is 17.6 Å². The smallest absolute Gasteiger partial charge is 0.126 e. The fourth-order valence-corrected chi connectivity index (χ4v) is 2.04. The molecule has 0 saturated heterocycles. The highest BCUT2D eigenvalue weighted by molar-refractivity contribution is 6.30. The van der Waals surface area contributed by atoms with Gasteiger partial charge in [-0.1, -0.05) is 23.7 Å². The van der Waals surface area contributed by atoms with Crippen LogP contribution in [0.5, 0.6) is 11.5 Å². The molecule has 0 saturated carbocycles. The molecule has 0 aromatic heterocycles. The minimum absolute atomic E-state index is 0.526. The van der Waals surface area contributed by atoms with E-state index in [1.807, 2.05) is 30.3 Å². The van der Waals surface area contributed by atoms with E-state index in [1.165, 1.54) is 0 Å². The van der Waals surface area contributed by atoms with Gasteiger partial charge in [0.2, 0.25) is 0 Å². The van der Waals surface area contributed by atoms with Crippen molar-refractivity contribution >= 4 is 23.3 Å². The number of halogens is 1. The number of benzene rings is 2. The lowest BCUT2D eigenvalue weighted by Gasteiger charge is -2.08. The molecular formula is C17H14ClNO2. The van der Waals surface area contributed by atoms with Crippen LogP contribution in [0.3, 0.4) is 0 Å². The van der Waals surface area contributed by atoms with Gasteiger partial charge >= 0.3 is 0 Å². The Hall–Kier alpha value is -2.44. The summed E-state index contributed by atoms with van der Waals surface area (Å²) < 4.78 is 10.5. The average molecular weight is 300 g/mol. The van der Waals surface area contributed by atoms with E-state index in [0.717, 1.165) is 11.1 Å². The molecule has 0 bridgehead atoms. The summed E-state index contributed by atoms with van der Waals surface area (Å²) in [6.45, 7) is 0. The van der Waals surface area contributed by atoms with Crippen molar-refractivity contribution in [1.29, 1.82) is 5.26 Å². The maximum Gasteiger partial charge on any atom is 0.126 e. The number of hydrogen-bond donors (Lipinski definition) is 0. The molecule has 21 heavy (non-hydrogen) atoms. The number of nitriles is 1. The first-order valence-corrected chi connectivity index (χ1v) is 6.65. The minimum Gasteiger partial charge on any atom is -0.497 e. The third-order valence-electron chi connectivity index (χ3n) is 3.01. The fraction of sp³-hybridized carbons (Fsp3) is 0.118. The summed E-state index contributed by atoms with van der Waals surface area (Å²) in [4.78, 5) is 0. The Balaban J connectivity index is 2.49. The van der Waals surface area contributed by atoms with Gasteiger partial charge in [-0.15, -0.1) is 0 Å². The predicted molar refractivity (Wildman–Crippen MR) is 84.5 cm³/mol. The first kappa shape index (κ1) is 15.0. The van der Waals surface area contributed by atoms with Gasteiger partial charge in [0.05, 0.1) is 25.9 Å². The molecule has 0 N–H and O–H groups in total. The Morgan fingerprint density at radius 3 is 2.38 bits per heavy atom. The maximum absolute atomic E-state index is 9.38. The predicted octanol–water partition coefficient (Wildman–Crippen LogP) is 4.42. The molecule has 0 fully saturated rings. The molecule has 2 aromatic carbocycles. The number of hydrogen-bond acceptors (Lipinski definition) is 3. The van der Waals surface area contributed by atoms with Crippen molar-refractivity contribution in [1.82, 2.24) is 0 Å². The highest BCUT2D eigenvalue weighted by Gasteiger charge is 2.06. The molecule has 0 spiro atoms. The van der Waals surface area contributed by atoms with E-state index in [2.05, 4.69) is 6.07 Å². The van der Waals surface area contributed by atoms with Crippen LogP contribution in [0.25, 0.3) is 11.6 Å².